The average Bonchev–Trinajstić information content (AvgIpc) is 3.51. The molecular weight excluding hydrogens is 482 g/mol. The molecule has 1 atom stereocenters. The Bertz CT molecular complexity index is 1450. The fourth-order valence-electron chi connectivity index (χ4n) is 4.12. The number of anilines is 1. The summed E-state index contributed by atoms with van der Waals surface area (Å²) < 4.78 is 25.8. The average molecular weight is 506 g/mol. The molecule has 3 aliphatic rings. The predicted molar refractivity (Wildman–Crippen MR) is 131 cm³/mol. The van der Waals surface area contributed by atoms with Crippen LogP contribution in [0.1, 0.15) is 53.5 Å². The molecule has 2 aliphatic carbocycles. The van der Waals surface area contributed by atoms with Crippen LogP contribution in [0.3, 0.4) is 0 Å². The van der Waals surface area contributed by atoms with E-state index in [1.807, 2.05) is 52.1 Å². The van der Waals surface area contributed by atoms with Crippen LogP contribution in [0.4, 0.5) is 5.69 Å². The number of nitrogens with zero attached hydrogens (tertiary/aromatic N) is 2. The van der Waals surface area contributed by atoms with Crippen molar-refractivity contribution < 1.29 is 28.2 Å². The second-order valence-electron chi connectivity index (χ2n) is 8.58. The number of Topliss-reactive ketones (excluding diaryl/α,β-unsaturated/α-hetero) is 1. The first-order valence-electron chi connectivity index (χ1n) is 11.3. The number of ketones is 1. The van der Waals surface area contributed by atoms with E-state index in [4.69, 9.17) is 18.6 Å². The molecule has 2 aromatic heterocycles. The highest BCUT2D eigenvalue weighted by Gasteiger charge is 2.67. The molecule has 1 aliphatic heterocycles. The molecule has 1 N–H and O–H groups in total. The van der Waals surface area contributed by atoms with Crippen molar-refractivity contribution in [3.8, 4) is 23.7 Å². The normalized spacial score (nSPS) is 16.5. The van der Waals surface area contributed by atoms with E-state index in [-0.39, 0.29) is 35.4 Å². The molecule has 3 heterocycles. The second-order valence-corrected chi connectivity index (χ2v) is 9.56. The number of rotatable bonds is 4. The molecular formula is C26H23N3O6S. The van der Waals surface area contributed by atoms with Crippen molar-refractivity contribution in [1.82, 2.24) is 9.36 Å². The number of nitrogens with one attached hydrogen (secondary N) is 1. The van der Waals surface area contributed by atoms with E-state index >= 15 is 0 Å². The van der Waals surface area contributed by atoms with Gasteiger partial charge in [0.2, 0.25) is 11.5 Å². The van der Waals surface area contributed by atoms with Crippen molar-refractivity contribution in [2.45, 2.75) is 39.7 Å². The number of hydrogen-bond acceptors (Lipinski definition) is 10. The van der Waals surface area contributed by atoms with E-state index in [0.29, 0.717) is 17.9 Å². The van der Waals surface area contributed by atoms with Gasteiger partial charge in [0, 0.05) is 17.8 Å². The summed E-state index contributed by atoms with van der Waals surface area (Å²) in [5.41, 5.74) is 3.28. The Labute approximate surface area is 211 Å². The molecule has 6 rings (SSSR count). The van der Waals surface area contributed by atoms with Crippen LogP contribution >= 0.6 is 11.5 Å². The van der Waals surface area contributed by atoms with Crippen molar-refractivity contribution >= 4 is 29.5 Å². The fraction of sp³-hybridized carbons (Fsp3) is 0.308. The van der Waals surface area contributed by atoms with Gasteiger partial charge in [-0.3, -0.25) is 9.59 Å². The van der Waals surface area contributed by atoms with Crippen LogP contribution in [0, 0.1) is 31.1 Å². The number of aryl methyl sites for hydroxylation is 2. The summed E-state index contributed by atoms with van der Waals surface area (Å²) in [5.74, 6) is 7.02. The summed E-state index contributed by atoms with van der Waals surface area (Å²) in [5, 5.41) is 3.07. The molecule has 1 unspecified atom stereocenters. The lowest BCUT2D eigenvalue weighted by Crippen LogP contribution is -2.40. The summed E-state index contributed by atoms with van der Waals surface area (Å²) in [6, 6.07) is 7.86. The monoisotopic (exact) mass is 505 g/mol. The number of fused-ring (bicyclic) bond motifs is 2. The lowest BCUT2D eigenvalue weighted by atomic mass is 9.84. The van der Waals surface area contributed by atoms with E-state index in [0.717, 1.165) is 34.5 Å². The number of carbonyl (C=O) groups excluding carboxylic acids is 2. The lowest BCUT2D eigenvalue weighted by molar-refractivity contribution is -0.133. The van der Waals surface area contributed by atoms with Gasteiger partial charge in [0.25, 0.3) is 12.4 Å². The first-order chi connectivity index (χ1) is 17.4. The maximum absolute atomic E-state index is 12.0. The van der Waals surface area contributed by atoms with Crippen molar-refractivity contribution in [3.05, 3.63) is 63.4 Å². The van der Waals surface area contributed by atoms with Gasteiger partial charge in [-0.05, 0) is 62.2 Å². The zero-order valence-corrected chi connectivity index (χ0v) is 20.9. The van der Waals surface area contributed by atoms with E-state index in [2.05, 4.69) is 26.5 Å². The minimum absolute atomic E-state index is 0.00426. The molecule has 0 bridgehead atoms. The van der Waals surface area contributed by atoms with E-state index in [9.17, 15) is 9.59 Å². The maximum Gasteiger partial charge on any atom is 0.358 e. The maximum atomic E-state index is 12.0. The minimum Gasteiger partial charge on any atom is -0.460 e. The third-order valence-electron chi connectivity index (χ3n) is 6.28. The minimum atomic E-state index is -0.453. The number of carbonyl (C=O) groups is 2. The van der Waals surface area contributed by atoms with E-state index in [1.54, 1.807) is 0 Å². The Hall–Kier alpha value is -4.10. The highest BCUT2D eigenvalue weighted by Crippen LogP contribution is 2.63. The third kappa shape index (κ3) is 4.01. The van der Waals surface area contributed by atoms with Crippen molar-refractivity contribution in [2.75, 3.05) is 12.4 Å². The van der Waals surface area contributed by atoms with Crippen molar-refractivity contribution in [2.24, 2.45) is 5.41 Å². The summed E-state index contributed by atoms with van der Waals surface area (Å²) in [7, 11) is 1.82. The van der Waals surface area contributed by atoms with Gasteiger partial charge >= 0.3 is 11.8 Å². The topological polar surface area (TPSA) is 113 Å². The number of benzene rings is 1. The standard InChI is InChI=1S/C16H11N3O4S.C10H12O2/c1-7-10(17-2)8(19-24-7)3-4-9-18-14-15(21-9)23-13-11(22-14)12(20)16(13)5-6-16;1-8-5-3-4-6-10(8)9(2)12-7-11/h17H,5-6H2,1-2H3;3-7,9H,1-2H3. The van der Waals surface area contributed by atoms with Gasteiger partial charge in [-0.25, -0.2) is 0 Å². The molecule has 0 saturated heterocycles. The molecule has 0 amide bonds. The smallest absolute Gasteiger partial charge is 0.358 e. The number of allylic oxidation sites excluding steroid dienone is 2. The quantitative estimate of drug-likeness (QED) is 0.406. The van der Waals surface area contributed by atoms with Crippen molar-refractivity contribution in [3.63, 3.8) is 0 Å². The largest absolute Gasteiger partial charge is 0.460 e. The lowest BCUT2D eigenvalue weighted by Gasteiger charge is -2.31. The van der Waals surface area contributed by atoms with Gasteiger partial charge in [0.1, 0.15) is 6.10 Å². The molecule has 36 heavy (non-hydrogen) atoms. The van der Waals surface area contributed by atoms with Crippen LogP contribution in [-0.2, 0) is 14.3 Å². The zero-order valence-electron chi connectivity index (χ0n) is 20.1. The molecule has 1 spiro atoms. The summed E-state index contributed by atoms with van der Waals surface area (Å²) >= 11 is 1.37. The highest BCUT2D eigenvalue weighted by molar-refractivity contribution is 7.06. The molecule has 3 aromatic rings. The SMILES string of the molecule is CNc1c(C#Cc2nc3c(o2)OC2=C(O3)C(=O)C23CC3)nsc1C.Cc1ccccc1C(C)OC=O. The fourth-order valence-corrected chi connectivity index (χ4v) is 4.78. The summed E-state index contributed by atoms with van der Waals surface area (Å²) in [4.78, 5) is 27.3. The summed E-state index contributed by atoms with van der Waals surface area (Å²) in [6.07, 6.45) is 1.46. The molecule has 184 valence electrons. The Morgan fingerprint density at radius 2 is 2.00 bits per heavy atom. The van der Waals surface area contributed by atoms with Gasteiger partial charge in [0.15, 0.2) is 11.5 Å². The van der Waals surface area contributed by atoms with Gasteiger partial charge in [0.05, 0.1) is 11.1 Å². The Morgan fingerprint density at radius 1 is 1.22 bits per heavy atom. The van der Waals surface area contributed by atoms with Crippen LogP contribution < -0.4 is 14.8 Å². The molecule has 1 fully saturated rings. The van der Waals surface area contributed by atoms with Crippen molar-refractivity contribution in [1.29, 1.82) is 0 Å². The van der Waals surface area contributed by atoms with Gasteiger partial charge in [-0.2, -0.15) is 9.36 Å². The number of oxazole rings is 1. The Morgan fingerprint density at radius 3 is 2.69 bits per heavy atom. The van der Waals surface area contributed by atoms with Gasteiger partial charge in [-0.15, -0.1) is 0 Å². The molecule has 1 saturated carbocycles. The summed E-state index contributed by atoms with van der Waals surface area (Å²) in [6.45, 7) is 6.31. The number of ether oxygens (including phenoxy) is 3. The first kappa shape index (κ1) is 23.6. The molecule has 1 aromatic carbocycles. The Balaban J connectivity index is 0.000000189. The molecule has 0 radical (unpaired) electrons. The molecule has 10 heteroatoms. The number of aromatic nitrogens is 2. The first-order valence-corrected chi connectivity index (χ1v) is 12.1. The predicted octanol–water partition coefficient (Wildman–Crippen LogP) is 4.46. The van der Waals surface area contributed by atoms with Gasteiger partial charge < -0.3 is 23.9 Å². The number of hydrogen-bond donors (Lipinski definition) is 1. The van der Waals surface area contributed by atoms with Crippen LogP contribution in [0.15, 0.2) is 40.2 Å². The molecule has 9 nitrogen and oxygen atoms in total. The van der Waals surface area contributed by atoms with Crippen LogP contribution in [0.2, 0.25) is 0 Å². The zero-order chi connectivity index (χ0) is 25.4. The highest BCUT2D eigenvalue weighted by atomic mass is 32.1. The Kier molecular flexibility index (Phi) is 6.02. The second kappa shape index (κ2) is 9.17. The third-order valence-corrected chi connectivity index (χ3v) is 7.03. The van der Waals surface area contributed by atoms with Gasteiger partial charge in [-0.1, -0.05) is 24.3 Å². The van der Waals surface area contributed by atoms with E-state index in [1.165, 1.54) is 11.5 Å². The van der Waals surface area contributed by atoms with Crippen LogP contribution in [0.5, 0.6) is 11.8 Å². The van der Waals surface area contributed by atoms with Crippen LogP contribution in [-0.4, -0.2) is 28.7 Å². The van der Waals surface area contributed by atoms with E-state index < -0.39 is 5.41 Å². The van der Waals surface area contributed by atoms with Crippen LogP contribution in [0.25, 0.3) is 0 Å².